The summed E-state index contributed by atoms with van der Waals surface area (Å²) >= 11 is 1.72. The molecule has 112 valence electrons. The van der Waals surface area contributed by atoms with Crippen molar-refractivity contribution in [2.45, 2.75) is 16.6 Å². The fraction of sp³-hybridized carbons (Fsp3) is 0.250. The Morgan fingerprint density at radius 1 is 1.00 bits per heavy atom. The summed E-state index contributed by atoms with van der Waals surface area (Å²) in [5.41, 5.74) is 1.17. The van der Waals surface area contributed by atoms with Crippen LogP contribution in [0.3, 0.4) is 0 Å². The van der Waals surface area contributed by atoms with Gasteiger partial charge in [0.05, 0.1) is 12.9 Å². The van der Waals surface area contributed by atoms with E-state index in [2.05, 4.69) is 24.3 Å². The zero-order valence-electron chi connectivity index (χ0n) is 11.8. The third kappa shape index (κ3) is 5.91. The maximum absolute atomic E-state index is 11.1. The molecule has 0 N–H and O–H groups in total. The summed E-state index contributed by atoms with van der Waals surface area (Å²) in [7, 11) is -3.38. The second-order valence-electron chi connectivity index (χ2n) is 4.65. The average Bonchev–Trinajstić information content (AvgIpc) is 2.47. The predicted molar refractivity (Wildman–Crippen MR) is 86.9 cm³/mol. The van der Waals surface area contributed by atoms with Crippen LogP contribution >= 0.6 is 11.8 Å². The van der Waals surface area contributed by atoms with E-state index < -0.39 is 10.1 Å². The first kappa shape index (κ1) is 16.1. The van der Waals surface area contributed by atoms with Crippen molar-refractivity contribution in [1.29, 1.82) is 0 Å². The number of rotatable bonds is 7. The monoisotopic (exact) mass is 322 g/mol. The lowest BCUT2D eigenvalue weighted by Gasteiger charge is -2.16. The van der Waals surface area contributed by atoms with Crippen molar-refractivity contribution in [3.8, 4) is 0 Å². The van der Waals surface area contributed by atoms with Gasteiger partial charge >= 0.3 is 0 Å². The second-order valence-corrected chi connectivity index (χ2v) is 7.57. The summed E-state index contributed by atoms with van der Waals surface area (Å²) in [6.45, 7) is 0.193. The highest BCUT2D eigenvalue weighted by atomic mass is 32.2. The van der Waals surface area contributed by atoms with Crippen LogP contribution in [0.1, 0.15) is 17.2 Å². The summed E-state index contributed by atoms with van der Waals surface area (Å²) in [5.74, 6) is 0. The van der Waals surface area contributed by atoms with Gasteiger partial charge in [0.1, 0.15) is 0 Å². The highest BCUT2D eigenvalue weighted by Gasteiger charge is 2.14. The van der Waals surface area contributed by atoms with Gasteiger partial charge < -0.3 is 0 Å². The van der Waals surface area contributed by atoms with Crippen molar-refractivity contribution in [2.24, 2.45) is 0 Å². The first-order chi connectivity index (χ1) is 10.0. The number of benzene rings is 2. The predicted octanol–water partition coefficient (Wildman–Crippen LogP) is 3.89. The van der Waals surface area contributed by atoms with E-state index in [4.69, 9.17) is 4.18 Å². The smallest absolute Gasteiger partial charge is 0.264 e. The van der Waals surface area contributed by atoms with Gasteiger partial charge in [-0.15, -0.1) is 11.8 Å². The van der Waals surface area contributed by atoms with E-state index in [0.717, 1.165) is 11.2 Å². The quantitative estimate of drug-likeness (QED) is 0.573. The van der Waals surface area contributed by atoms with Crippen LogP contribution in [0, 0.1) is 0 Å². The lowest BCUT2D eigenvalue weighted by atomic mass is 10.1. The van der Waals surface area contributed by atoms with Crippen LogP contribution in [0.5, 0.6) is 0 Å². The van der Waals surface area contributed by atoms with Gasteiger partial charge in [-0.1, -0.05) is 48.5 Å². The first-order valence-electron chi connectivity index (χ1n) is 6.66. The minimum atomic E-state index is -3.38. The molecular formula is C16H18O3S2. The highest BCUT2D eigenvalue weighted by Crippen LogP contribution is 2.37. The Morgan fingerprint density at radius 3 is 2.14 bits per heavy atom. The summed E-state index contributed by atoms with van der Waals surface area (Å²) in [4.78, 5) is 1.16. The molecule has 2 rings (SSSR count). The Labute approximate surface area is 130 Å². The van der Waals surface area contributed by atoms with Gasteiger partial charge in [-0.05, 0) is 24.1 Å². The third-order valence-electron chi connectivity index (χ3n) is 2.87. The molecule has 0 bridgehead atoms. The normalized spacial score (nSPS) is 13.0. The van der Waals surface area contributed by atoms with E-state index in [1.54, 1.807) is 11.8 Å². The van der Waals surface area contributed by atoms with E-state index in [9.17, 15) is 8.42 Å². The van der Waals surface area contributed by atoms with Gasteiger partial charge in [-0.25, -0.2) is 0 Å². The molecule has 0 aliphatic carbocycles. The summed E-state index contributed by atoms with van der Waals surface area (Å²) < 4.78 is 27.0. The Morgan fingerprint density at radius 2 is 1.57 bits per heavy atom. The Hall–Kier alpha value is -1.30. The lowest BCUT2D eigenvalue weighted by molar-refractivity contribution is 0.315. The summed E-state index contributed by atoms with van der Waals surface area (Å²) in [5, 5.41) is 0.162. The van der Waals surface area contributed by atoms with Crippen molar-refractivity contribution < 1.29 is 12.6 Å². The second kappa shape index (κ2) is 7.64. The molecule has 0 aliphatic heterocycles. The van der Waals surface area contributed by atoms with Crippen molar-refractivity contribution in [3.63, 3.8) is 0 Å². The average molecular weight is 322 g/mol. The molecule has 1 atom stereocenters. The van der Waals surface area contributed by atoms with Crippen molar-refractivity contribution in [2.75, 3.05) is 12.9 Å². The Kier molecular flexibility index (Phi) is 5.85. The van der Waals surface area contributed by atoms with Crippen molar-refractivity contribution in [3.05, 3.63) is 66.2 Å². The van der Waals surface area contributed by atoms with Gasteiger partial charge in [-0.3, -0.25) is 4.18 Å². The summed E-state index contributed by atoms with van der Waals surface area (Å²) in [6.07, 6.45) is 1.71. The zero-order chi connectivity index (χ0) is 15.1. The van der Waals surface area contributed by atoms with Crippen LogP contribution in [0.15, 0.2) is 65.6 Å². The SMILES string of the molecule is CS(=O)(=O)OCCC(Sc1ccccc1)c1ccccc1. The van der Waals surface area contributed by atoms with E-state index in [-0.39, 0.29) is 11.9 Å². The van der Waals surface area contributed by atoms with E-state index in [0.29, 0.717) is 6.42 Å². The molecule has 0 amide bonds. The lowest BCUT2D eigenvalue weighted by Crippen LogP contribution is -2.07. The van der Waals surface area contributed by atoms with Crippen LogP contribution in [0.25, 0.3) is 0 Å². The van der Waals surface area contributed by atoms with Gasteiger partial charge in [0.25, 0.3) is 10.1 Å². The molecule has 0 heterocycles. The molecule has 0 fully saturated rings. The summed E-state index contributed by atoms with van der Waals surface area (Å²) in [6, 6.07) is 20.2. The molecule has 0 spiro atoms. The van der Waals surface area contributed by atoms with E-state index in [1.807, 2.05) is 36.4 Å². The molecule has 0 aliphatic rings. The molecule has 0 saturated heterocycles. The van der Waals surface area contributed by atoms with Gasteiger partial charge in [0, 0.05) is 10.1 Å². The minimum Gasteiger partial charge on any atom is -0.270 e. The zero-order valence-corrected chi connectivity index (χ0v) is 13.4. The van der Waals surface area contributed by atoms with Crippen LogP contribution in [0.2, 0.25) is 0 Å². The molecule has 2 aromatic carbocycles. The fourth-order valence-electron chi connectivity index (χ4n) is 1.93. The molecule has 5 heteroatoms. The molecular weight excluding hydrogens is 304 g/mol. The number of hydrogen-bond donors (Lipinski definition) is 0. The van der Waals surface area contributed by atoms with Crippen LogP contribution in [-0.2, 0) is 14.3 Å². The molecule has 0 aromatic heterocycles. The third-order valence-corrected chi connectivity index (χ3v) is 4.80. The fourth-order valence-corrected chi connectivity index (χ4v) is 3.48. The number of thioether (sulfide) groups is 1. The van der Waals surface area contributed by atoms with Crippen molar-refractivity contribution >= 4 is 21.9 Å². The Balaban J connectivity index is 2.07. The van der Waals surface area contributed by atoms with Crippen LogP contribution in [-0.4, -0.2) is 21.3 Å². The maximum Gasteiger partial charge on any atom is 0.264 e. The van der Waals surface area contributed by atoms with Crippen molar-refractivity contribution in [1.82, 2.24) is 0 Å². The van der Waals surface area contributed by atoms with Gasteiger partial charge in [-0.2, -0.15) is 8.42 Å². The highest BCUT2D eigenvalue weighted by molar-refractivity contribution is 7.99. The van der Waals surface area contributed by atoms with Gasteiger partial charge in [0.15, 0.2) is 0 Å². The maximum atomic E-state index is 11.1. The van der Waals surface area contributed by atoms with E-state index >= 15 is 0 Å². The molecule has 2 aromatic rings. The standard InChI is InChI=1S/C16H18O3S2/c1-21(17,18)19-13-12-16(14-8-4-2-5-9-14)20-15-10-6-3-7-11-15/h2-11,16H,12-13H2,1H3. The molecule has 21 heavy (non-hydrogen) atoms. The topological polar surface area (TPSA) is 43.4 Å². The molecule has 3 nitrogen and oxygen atoms in total. The van der Waals surface area contributed by atoms with Crippen LogP contribution < -0.4 is 0 Å². The Bertz CT molecular complexity index is 640. The minimum absolute atomic E-state index is 0.162. The largest absolute Gasteiger partial charge is 0.270 e. The first-order valence-corrected chi connectivity index (χ1v) is 9.35. The molecule has 0 saturated carbocycles. The number of hydrogen-bond acceptors (Lipinski definition) is 4. The van der Waals surface area contributed by atoms with Crippen LogP contribution in [0.4, 0.5) is 0 Å². The van der Waals surface area contributed by atoms with E-state index in [1.165, 1.54) is 5.56 Å². The molecule has 0 radical (unpaired) electrons. The van der Waals surface area contributed by atoms with Gasteiger partial charge in [0.2, 0.25) is 0 Å². The molecule has 1 unspecified atom stereocenters.